The lowest BCUT2D eigenvalue weighted by molar-refractivity contribution is -0.131. The quantitative estimate of drug-likeness (QED) is 0.349. The minimum atomic E-state index is -1.13. The van der Waals surface area contributed by atoms with Crippen molar-refractivity contribution in [3.05, 3.63) is 96.1 Å². The van der Waals surface area contributed by atoms with Gasteiger partial charge in [-0.05, 0) is 56.4 Å². The van der Waals surface area contributed by atoms with Gasteiger partial charge in [-0.15, -0.1) is 0 Å². The lowest BCUT2D eigenvalue weighted by atomic mass is 9.99. The fourth-order valence-electron chi connectivity index (χ4n) is 3.90. The summed E-state index contributed by atoms with van der Waals surface area (Å²) in [6.07, 6.45) is 1.000. The molecule has 0 radical (unpaired) electrons. The van der Waals surface area contributed by atoms with E-state index < -0.39 is 17.5 Å². The van der Waals surface area contributed by atoms with Crippen LogP contribution in [0.5, 0.6) is 0 Å². The Labute approximate surface area is 219 Å². The molecule has 0 spiro atoms. The number of hydrogen-bond donors (Lipinski definition) is 3. The Balaban J connectivity index is 1.72. The number of rotatable bonds is 11. The van der Waals surface area contributed by atoms with Gasteiger partial charge in [-0.25, -0.2) is 0 Å². The van der Waals surface area contributed by atoms with E-state index >= 15 is 0 Å². The number of amides is 3. The fraction of sp³-hybridized carbons (Fsp3) is 0.300. The van der Waals surface area contributed by atoms with Crippen LogP contribution >= 0.6 is 0 Å². The van der Waals surface area contributed by atoms with Gasteiger partial charge in [0.25, 0.3) is 5.91 Å². The van der Waals surface area contributed by atoms with E-state index in [0.717, 1.165) is 16.7 Å². The molecule has 0 saturated heterocycles. The van der Waals surface area contributed by atoms with Crippen molar-refractivity contribution in [1.29, 1.82) is 0 Å². The number of nitrogens with zero attached hydrogens (tertiary/aromatic N) is 1. The second-order valence-electron chi connectivity index (χ2n) is 9.54. The first-order valence-electron chi connectivity index (χ1n) is 12.6. The first kappa shape index (κ1) is 27.6. The van der Waals surface area contributed by atoms with Crippen molar-refractivity contribution in [3.8, 4) is 11.1 Å². The molecule has 37 heavy (non-hydrogen) atoms. The molecular formula is C30H36N4O3. The molecule has 194 valence electrons. The largest absolute Gasteiger partial charge is 0.343 e. The van der Waals surface area contributed by atoms with Crippen LogP contribution in [0.2, 0.25) is 0 Å². The molecule has 0 aromatic heterocycles. The molecule has 0 aliphatic rings. The summed E-state index contributed by atoms with van der Waals surface area (Å²) in [5.74, 6) is -0.965. The second-order valence-corrected chi connectivity index (χ2v) is 9.54. The van der Waals surface area contributed by atoms with Gasteiger partial charge in [0.1, 0.15) is 6.04 Å². The minimum Gasteiger partial charge on any atom is -0.343 e. The van der Waals surface area contributed by atoms with Crippen LogP contribution in [0.15, 0.2) is 84.9 Å². The van der Waals surface area contributed by atoms with Crippen LogP contribution in [0.1, 0.15) is 43.1 Å². The molecule has 1 atom stereocenters. The molecule has 1 unspecified atom stereocenters. The minimum absolute atomic E-state index is 0.0149. The smallest absolute Gasteiger partial charge is 0.255 e. The van der Waals surface area contributed by atoms with Gasteiger partial charge >= 0.3 is 0 Å². The van der Waals surface area contributed by atoms with Crippen molar-refractivity contribution < 1.29 is 14.4 Å². The van der Waals surface area contributed by atoms with Gasteiger partial charge in [-0.3, -0.25) is 14.4 Å². The van der Waals surface area contributed by atoms with Crippen molar-refractivity contribution in [3.63, 3.8) is 0 Å². The Morgan fingerprint density at radius 3 is 2.11 bits per heavy atom. The molecule has 7 heteroatoms. The maximum absolute atomic E-state index is 13.5. The Hall–Kier alpha value is -3.97. The van der Waals surface area contributed by atoms with Crippen molar-refractivity contribution in [1.82, 2.24) is 15.5 Å². The van der Waals surface area contributed by atoms with Gasteiger partial charge in [0.15, 0.2) is 0 Å². The van der Waals surface area contributed by atoms with Crippen LogP contribution in [-0.2, 0) is 16.0 Å². The standard InChI is InChI=1S/C30H36N4O3/c1-4-34(28(36)25-18-12-11-17-24(25)23-15-9-6-10-16-23)21-32-27(35)26(33-29(37)30(2,3)31)20-19-22-13-7-5-8-14-22/h5-18,26H,4,19-21,31H2,1-3H3,(H,32,35)(H,33,37). The van der Waals surface area contributed by atoms with Gasteiger partial charge < -0.3 is 21.3 Å². The van der Waals surface area contributed by atoms with Crippen molar-refractivity contribution in [2.24, 2.45) is 5.73 Å². The Morgan fingerprint density at radius 2 is 1.49 bits per heavy atom. The number of carbonyl (C=O) groups is 3. The first-order valence-corrected chi connectivity index (χ1v) is 12.6. The van der Waals surface area contributed by atoms with E-state index in [9.17, 15) is 14.4 Å². The molecule has 0 aliphatic carbocycles. The molecule has 0 bridgehead atoms. The maximum atomic E-state index is 13.5. The second kappa shape index (κ2) is 12.8. The monoisotopic (exact) mass is 500 g/mol. The van der Waals surface area contributed by atoms with Gasteiger partial charge in [0, 0.05) is 12.1 Å². The van der Waals surface area contributed by atoms with Gasteiger partial charge in [0.05, 0.1) is 12.2 Å². The highest BCUT2D eigenvalue weighted by molar-refractivity contribution is 6.01. The molecular weight excluding hydrogens is 464 g/mol. The highest BCUT2D eigenvalue weighted by Gasteiger charge is 2.28. The third-order valence-corrected chi connectivity index (χ3v) is 6.13. The van der Waals surface area contributed by atoms with Crippen LogP contribution in [0.3, 0.4) is 0 Å². The van der Waals surface area contributed by atoms with Crippen LogP contribution in [-0.4, -0.2) is 47.4 Å². The van der Waals surface area contributed by atoms with E-state index in [2.05, 4.69) is 10.6 Å². The van der Waals surface area contributed by atoms with Crippen LogP contribution in [0.4, 0.5) is 0 Å². The van der Waals surface area contributed by atoms with Crippen LogP contribution < -0.4 is 16.4 Å². The summed E-state index contributed by atoms with van der Waals surface area (Å²) in [4.78, 5) is 40.8. The number of hydrogen-bond acceptors (Lipinski definition) is 4. The lowest BCUT2D eigenvalue weighted by Gasteiger charge is -2.26. The summed E-state index contributed by atoms with van der Waals surface area (Å²) in [6.45, 7) is 5.47. The number of nitrogens with one attached hydrogen (secondary N) is 2. The van der Waals surface area contributed by atoms with Crippen LogP contribution in [0, 0.1) is 0 Å². The molecule has 0 fully saturated rings. The predicted molar refractivity (Wildman–Crippen MR) is 147 cm³/mol. The molecule has 3 aromatic rings. The number of aryl methyl sites for hydroxylation is 1. The first-order chi connectivity index (χ1) is 17.7. The Morgan fingerprint density at radius 1 is 0.892 bits per heavy atom. The Bertz CT molecular complexity index is 1190. The topological polar surface area (TPSA) is 105 Å². The van der Waals surface area contributed by atoms with Crippen molar-refractivity contribution in [2.75, 3.05) is 13.2 Å². The third kappa shape index (κ3) is 7.75. The van der Waals surface area contributed by atoms with Crippen LogP contribution in [0.25, 0.3) is 11.1 Å². The molecule has 3 aromatic carbocycles. The highest BCUT2D eigenvalue weighted by Crippen LogP contribution is 2.24. The van der Waals surface area contributed by atoms with Crippen molar-refractivity contribution in [2.45, 2.75) is 45.2 Å². The van der Waals surface area contributed by atoms with E-state index in [4.69, 9.17) is 5.73 Å². The molecule has 7 nitrogen and oxygen atoms in total. The number of nitrogens with two attached hydrogens (primary N) is 1. The molecule has 0 heterocycles. The average molecular weight is 501 g/mol. The summed E-state index contributed by atoms with van der Waals surface area (Å²) in [5.41, 5.74) is 8.21. The normalized spacial score (nSPS) is 11.9. The SMILES string of the molecule is CCN(CNC(=O)C(CCc1ccccc1)NC(=O)C(C)(C)N)C(=O)c1ccccc1-c1ccccc1. The zero-order valence-corrected chi connectivity index (χ0v) is 21.7. The third-order valence-electron chi connectivity index (χ3n) is 6.13. The molecule has 3 amide bonds. The van der Waals surface area contributed by atoms with E-state index in [0.29, 0.717) is 24.9 Å². The fourth-order valence-corrected chi connectivity index (χ4v) is 3.90. The van der Waals surface area contributed by atoms with Gasteiger partial charge in [0.2, 0.25) is 11.8 Å². The van der Waals surface area contributed by atoms with E-state index in [-0.39, 0.29) is 18.5 Å². The van der Waals surface area contributed by atoms with E-state index in [1.165, 1.54) is 0 Å². The van der Waals surface area contributed by atoms with E-state index in [1.807, 2.05) is 85.8 Å². The zero-order valence-electron chi connectivity index (χ0n) is 21.7. The summed E-state index contributed by atoms with van der Waals surface area (Å²) in [7, 11) is 0. The summed E-state index contributed by atoms with van der Waals surface area (Å²) in [5, 5.41) is 5.63. The van der Waals surface area contributed by atoms with Crippen molar-refractivity contribution >= 4 is 17.7 Å². The Kier molecular flexibility index (Phi) is 9.57. The zero-order chi connectivity index (χ0) is 26.8. The summed E-state index contributed by atoms with van der Waals surface area (Å²) in [6, 6.07) is 26.1. The van der Waals surface area contributed by atoms with Gasteiger partial charge in [-0.1, -0.05) is 78.9 Å². The summed E-state index contributed by atoms with van der Waals surface area (Å²) >= 11 is 0. The predicted octanol–water partition coefficient (Wildman–Crippen LogP) is 3.74. The number of carbonyl (C=O) groups excluding carboxylic acids is 3. The number of benzene rings is 3. The average Bonchev–Trinajstić information content (AvgIpc) is 2.91. The van der Waals surface area contributed by atoms with E-state index in [1.54, 1.807) is 24.8 Å². The highest BCUT2D eigenvalue weighted by atomic mass is 16.2. The molecule has 0 saturated carbocycles. The molecule has 3 rings (SSSR count). The summed E-state index contributed by atoms with van der Waals surface area (Å²) < 4.78 is 0. The molecule has 4 N–H and O–H groups in total. The lowest BCUT2D eigenvalue weighted by Crippen LogP contribution is -2.56. The molecule has 0 aliphatic heterocycles. The maximum Gasteiger partial charge on any atom is 0.255 e. The van der Waals surface area contributed by atoms with Gasteiger partial charge in [-0.2, -0.15) is 0 Å².